The van der Waals surface area contributed by atoms with Crippen LogP contribution in [0.15, 0.2) is 152 Å². The molecule has 0 saturated carbocycles. The molecule has 4 heteroatoms. The number of hydrogen-bond acceptors (Lipinski definition) is 3. The van der Waals surface area contributed by atoms with E-state index in [-0.39, 0.29) is 0 Å². The van der Waals surface area contributed by atoms with Gasteiger partial charge in [-0.1, -0.05) is 97.1 Å². The lowest BCUT2D eigenvalue weighted by Gasteiger charge is -2.13. The number of fused-ring (bicyclic) bond motifs is 9. The van der Waals surface area contributed by atoms with Crippen molar-refractivity contribution >= 4 is 75.1 Å². The summed E-state index contributed by atoms with van der Waals surface area (Å²) < 4.78 is 5.08. The van der Waals surface area contributed by atoms with Crippen molar-refractivity contribution in [2.24, 2.45) is 0 Å². The smallest absolute Gasteiger partial charge is 0.0719 e. The maximum atomic E-state index is 5.15. The van der Waals surface area contributed by atoms with E-state index >= 15 is 0 Å². The molecule has 0 aliphatic rings. The van der Waals surface area contributed by atoms with Gasteiger partial charge < -0.3 is 4.57 Å². The molecule has 6 aromatic carbocycles. The van der Waals surface area contributed by atoms with Crippen molar-refractivity contribution in [3.63, 3.8) is 0 Å². The third-order valence-corrected chi connectivity index (χ3v) is 10.4. The van der Waals surface area contributed by atoms with Gasteiger partial charge in [-0.15, -0.1) is 11.3 Å². The first-order valence-electron chi connectivity index (χ1n) is 15.5. The zero-order valence-corrected chi connectivity index (χ0v) is 25.5. The van der Waals surface area contributed by atoms with Crippen molar-refractivity contribution < 1.29 is 0 Å². The molecule has 10 aromatic rings. The topological polar surface area (TPSA) is 30.7 Å². The maximum absolute atomic E-state index is 5.15. The summed E-state index contributed by atoms with van der Waals surface area (Å²) in [4.78, 5) is 9.77. The number of benzene rings is 6. The van der Waals surface area contributed by atoms with Crippen molar-refractivity contribution in [3.8, 4) is 28.1 Å². The Kier molecular flexibility index (Phi) is 5.45. The summed E-state index contributed by atoms with van der Waals surface area (Å²) in [6.45, 7) is 0. The highest BCUT2D eigenvalue weighted by Crippen LogP contribution is 2.43. The SMILES string of the molecule is c1ccc2c(-c3cc(-c4ccc(-n5c6ccccc6c6ccc7c8ccccc8sc7c65)cc4)nc4ccccc34)ccnc2c1. The molecule has 0 saturated heterocycles. The number of nitrogens with zero attached hydrogens (tertiary/aromatic N) is 3. The van der Waals surface area contributed by atoms with Gasteiger partial charge in [0.2, 0.25) is 0 Å². The molecule has 0 fully saturated rings. The van der Waals surface area contributed by atoms with Crippen LogP contribution in [0.3, 0.4) is 0 Å². The molecule has 10 rings (SSSR count). The Balaban J connectivity index is 1.18. The normalized spacial score (nSPS) is 11.9. The van der Waals surface area contributed by atoms with Crippen LogP contribution in [0.5, 0.6) is 0 Å². The summed E-state index contributed by atoms with van der Waals surface area (Å²) in [5, 5.41) is 7.45. The predicted molar refractivity (Wildman–Crippen MR) is 195 cm³/mol. The van der Waals surface area contributed by atoms with Gasteiger partial charge in [0.15, 0.2) is 0 Å². The van der Waals surface area contributed by atoms with Crippen LogP contribution in [0.25, 0.3) is 91.9 Å². The van der Waals surface area contributed by atoms with Crippen LogP contribution in [0.4, 0.5) is 0 Å². The molecule has 46 heavy (non-hydrogen) atoms. The number of rotatable bonds is 3. The largest absolute Gasteiger partial charge is 0.308 e. The minimum absolute atomic E-state index is 0.954. The Bertz CT molecular complexity index is 2800. The van der Waals surface area contributed by atoms with Gasteiger partial charge in [0.1, 0.15) is 0 Å². The Hall–Kier alpha value is -5.84. The van der Waals surface area contributed by atoms with E-state index in [0.717, 1.165) is 44.3 Å². The molecule has 0 aliphatic heterocycles. The highest BCUT2D eigenvalue weighted by Gasteiger charge is 2.18. The van der Waals surface area contributed by atoms with Crippen LogP contribution in [-0.4, -0.2) is 14.5 Å². The van der Waals surface area contributed by atoms with Crippen LogP contribution in [-0.2, 0) is 0 Å². The first-order valence-corrected chi connectivity index (χ1v) is 16.3. The Morgan fingerprint density at radius 1 is 0.500 bits per heavy atom. The van der Waals surface area contributed by atoms with E-state index < -0.39 is 0 Å². The van der Waals surface area contributed by atoms with Gasteiger partial charge in [-0.3, -0.25) is 4.98 Å². The van der Waals surface area contributed by atoms with Crippen LogP contribution in [0.1, 0.15) is 0 Å². The first kappa shape index (κ1) is 25.5. The van der Waals surface area contributed by atoms with Crippen LogP contribution < -0.4 is 0 Å². The van der Waals surface area contributed by atoms with E-state index in [0.29, 0.717) is 0 Å². The van der Waals surface area contributed by atoms with Gasteiger partial charge in [0.25, 0.3) is 0 Å². The minimum atomic E-state index is 0.954. The molecular weight excluding hydrogens is 579 g/mol. The average Bonchev–Trinajstić information content (AvgIpc) is 3.67. The minimum Gasteiger partial charge on any atom is -0.308 e. The van der Waals surface area contributed by atoms with Gasteiger partial charge in [-0.25, -0.2) is 4.98 Å². The standard InChI is InChI=1S/C42H25N3S/c1-5-13-36-29(9-1)28(23-24-43-36)35-25-38(44-37-14-6-2-10-30(35)37)26-17-19-27(20-18-26)45-39-15-7-3-11-31(39)33-21-22-34-32-12-4-8-16-40(32)46-42(34)41(33)45/h1-25H. The van der Waals surface area contributed by atoms with Crippen molar-refractivity contribution in [1.29, 1.82) is 0 Å². The molecule has 0 atom stereocenters. The molecule has 0 bridgehead atoms. The van der Waals surface area contributed by atoms with Crippen LogP contribution in [0, 0.1) is 0 Å². The lowest BCUT2D eigenvalue weighted by atomic mass is 9.96. The fourth-order valence-electron chi connectivity index (χ4n) is 7.16. The van der Waals surface area contributed by atoms with Crippen molar-refractivity contribution in [2.45, 2.75) is 0 Å². The van der Waals surface area contributed by atoms with Gasteiger partial charge in [-0.2, -0.15) is 0 Å². The van der Waals surface area contributed by atoms with Crippen molar-refractivity contribution in [2.75, 3.05) is 0 Å². The fraction of sp³-hybridized carbons (Fsp3) is 0. The number of para-hydroxylation sites is 3. The maximum Gasteiger partial charge on any atom is 0.0719 e. The molecule has 0 radical (unpaired) electrons. The lowest BCUT2D eigenvalue weighted by molar-refractivity contribution is 1.19. The molecule has 0 aliphatic carbocycles. The zero-order valence-electron chi connectivity index (χ0n) is 24.7. The second-order valence-electron chi connectivity index (χ2n) is 11.8. The summed E-state index contributed by atoms with van der Waals surface area (Å²) in [6, 6.07) is 52.1. The van der Waals surface area contributed by atoms with Crippen LogP contribution >= 0.6 is 11.3 Å². The van der Waals surface area contributed by atoms with Crippen LogP contribution in [0.2, 0.25) is 0 Å². The van der Waals surface area contributed by atoms with Crippen molar-refractivity contribution in [3.05, 3.63) is 152 Å². The van der Waals surface area contributed by atoms with E-state index in [1.807, 2.05) is 23.6 Å². The number of pyridine rings is 2. The van der Waals surface area contributed by atoms with E-state index in [4.69, 9.17) is 4.98 Å². The third-order valence-electron chi connectivity index (χ3n) is 9.26. The summed E-state index contributed by atoms with van der Waals surface area (Å²) in [6.07, 6.45) is 1.90. The van der Waals surface area contributed by atoms with E-state index in [1.54, 1.807) is 0 Å². The average molecular weight is 604 g/mol. The third kappa shape index (κ3) is 3.71. The first-order chi connectivity index (χ1) is 22.8. The molecule has 4 heterocycles. The summed E-state index contributed by atoms with van der Waals surface area (Å²) in [5.74, 6) is 0. The molecular formula is C42H25N3S. The monoisotopic (exact) mass is 603 g/mol. The summed E-state index contributed by atoms with van der Waals surface area (Å²) in [5.41, 5.74) is 9.96. The molecule has 3 nitrogen and oxygen atoms in total. The lowest BCUT2D eigenvalue weighted by Crippen LogP contribution is -1.95. The second kappa shape index (κ2) is 9.83. The fourth-order valence-corrected chi connectivity index (χ4v) is 8.40. The zero-order chi connectivity index (χ0) is 30.2. The quantitative estimate of drug-likeness (QED) is 0.201. The van der Waals surface area contributed by atoms with Gasteiger partial charge in [-0.05, 0) is 59.7 Å². The van der Waals surface area contributed by atoms with Crippen molar-refractivity contribution in [1.82, 2.24) is 14.5 Å². The van der Waals surface area contributed by atoms with Gasteiger partial charge in [0.05, 0.1) is 32.5 Å². The molecule has 0 N–H and O–H groups in total. The summed E-state index contributed by atoms with van der Waals surface area (Å²) >= 11 is 1.88. The number of thiophene rings is 1. The predicted octanol–water partition coefficient (Wildman–Crippen LogP) is 11.6. The Labute approximate surface area is 268 Å². The summed E-state index contributed by atoms with van der Waals surface area (Å²) in [7, 11) is 0. The Morgan fingerprint density at radius 3 is 2.02 bits per heavy atom. The highest BCUT2D eigenvalue weighted by molar-refractivity contribution is 7.26. The molecule has 214 valence electrons. The van der Waals surface area contributed by atoms with Gasteiger partial charge in [0, 0.05) is 54.5 Å². The highest BCUT2D eigenvalue weighted by atomic mass is 32.1. The molecule has 4 aromatic heterocycles. The van der Waals surface area contributed by atoms with E-state index in [1.165, 1.54) is 47.5 Å². The van der Waals surface area contributed by atoms with E-state index in [2.05, 4.69) is 149 Å². The number of hydrogen-bond donors (Lipinski definition) is 0. The van der Waals surface area contributed by atoms with E-state index in [9.17, 15) is 0 Å². The van der Waals surface area contributed by atoms with Gasteiger partial charge >= 0.3 is 0 Å². The Morgan fingerprint density at radius 2 is 1.17 bits per heavy atom. The number of aromatic nitrogens is 3. The molecule has 0 spiro atoms. The molecule has 0 unspecified atom stereocenters. The molecule has 0 amide bonds. The second-order valence-corrected chi connectivity index (χ2v) is 12.8.